The van der Waals surface area contributed by atoms with Gasteiger partial charge in [-0.1, -0.05) is 60.7 Å². The van der Waals surface area contributed by atoms with Gasteiger partial charge >= 0.3 is 30.0 Å². The van der Waals surface area contributed by atoms with Crippen LogP contribution >= 0.6 is 0 Å². The molecule has 0 unspecified atom stereocenters. The van der Waals surface area contributed by atoms with Gasteiger partial charge in [-0.2, -0.15) is 0 Å². The third kappa shape index (κ3) is 5.32. The smallest absolute Gasteiger partial charge is 1.00 e. The fourth-order valence-corrected chi connectivity index (χ4v) is 1.46. The molecule has 17 heavy (non-hydrogen) atoms. The summed E-state index contributed by atoms with van der Waals surface area (Å²) >= 11 is 0. The Labute approximate surface area is 131 Å². The van der Waals surface area contributed by atoms with Crippen LogP contribution in [0, 0.1) is 0 Å². The maximum atomic E-state index is 9.99. The van der Waals surface area contributed by atoms with Crippen LogP contribution in [-0.4, -0.2) is 35.0 Å². The Balaban J connectivity index is 0. The molecule has 0 spiro atoms. The predicted octanol–water partition coefficient (Wildman–Crippen LogP) is -5.59. The van der Waals surface area contributed by atoms with Crippen LogP contribution in [0.5, 0.6) is 0 Å². The molecule has 2 rings (SSSR count). The van der Waals surface area contributed by atoms with Crippen LogP contribution in [0.3, 0.4) is 0 Å². The van der Waals surface area contributed by atoms with Gasteiger partial charge in [0.15, 0.2) is 0 Å². The van der Waals surface area contributed by atoms with Crippen molar-refractivity contribution in [3.8, 4) is 0 Å². The maximum absolute atomic E-state index is 9.99. The number of hydrogen-bond donors (Lipinski definition) is 1. The third-order valence-corrected chi connectivity index (χ3v) is 2.23. The second-order valence-electron chi connectivity index (χ2n) is 3.22. The van der Waals surface area contributed by atoms with Crippen molar-refractivity contribution in [2.24, 2.45) is 0 Å². The molecule has 0 amide bonds. The standard InChI is InChI=1S/C12H11BO.2ClH.Mg/c14-13(11-7-3-1-4-8-11)12-9-5-2-6-10-12;;;/h1-10,14H;2*1H;/q;;;+2/p-2. The summed E-state index contributed by atoms with van der Waals surface area (Å²) in [7, 11) is 0. The molecule has 0 saturated heterocycles. The van der Waals surface area contributed by atoms with Gasteiger partial charge in [-0.3, -0.25) is 0 Å². The van der Waals surface area contributed by atoms with Crippen LogP contribution in [0.2, 0.25) is 0 Å². The molecule has 0 radical (unpaired) electrons. The zero-order valence-electron chi connectivity index (χ0n) is 9.26. The molecular weight excluding hydrogens is 266 g/mol. The maximum Gasteiger partial charge on any atom is 2.00 e. The molecule has 5 heteroatoms. The average Bonchev–Trinajstić information content (AvgIpc) is 2.30. The average molecular weight is 277 g/mol. The normalized spacial score (nSPS) is 8.06. The van der Waals surface area contributed by atoms with E-state index in [2.05, 4.69) is 0 Å². The van der Waals surface area contributed by atoms with Gasteiger partial charge in [0.1, 0.15) is 0 Å². The van der Waals surface area contributed by atoms with Gasteiger partial charge in [-0.05, 0) is 10.9 Å². The van der Waals surface area contributed by atoms with E-state index in [0.717, 1.165) is 10.9 Å². The number of hydrogen-bond acceptors (Lipinski definition) is 1. The number of halogens is 2. The quantitative estimate of drug-likeness (QED) is 0.543. The molecule has 0 aliphatic heterocycles. The van der Waals surface area contributed by atoms with Crippen molar-refractivity contribution in [1.29, 1.82) is 0 Å². The topological polar surface area (TPSA) is 20.2 Å². The summed E-state index contributed by atoms with van der Waals surface area (Å²) in [5, 5.41) is 9.99. The Morgan fingerprint density at radius 2 is 0.941 bits per heavy atom. The van der Waals surface area contributed by atoms with Crippen LogP contribution in [0.4, 0.5) is 0 Å². The van der Waals surface area contributed by atoms with Gasteiger partial charge in [0.25, 0.3) is 0 Å². The van der Waals surface area contributed by atoms with Crippen molar-refractivity contribution in [3.63, 3.8) is 0 Å². The van der Waals surface area contributed by atoms with E-state index in [-0.39, 0.29) is 47.9 Å². The van der Waals surface area contributed by atoms with Crippen molar-refractivity contribution >= 4 is 40.9 Å². The summed E-state index contributed by atoms with van der Waals surface area (Å²) in [6.45, 7) is -0.516. The molecule has 0 aliphatic rings. The van der Waals surface area contributed by atoms with E-state index in [1.54, 1.807) is 0 Å². The zero-order valence-corrected chi connectivity index (χ0v) is 12.2. The second kappa shape index (κ2) is 9.80. The van der Waals surface area contributed by atoms with Gasteiger partial charge < -0.3 is 29.8 Å². The summed E-state index contributed by atoms with van der Waals surface area (Å²) in [6.07, 6.45) is 0. The van der Waals surface area contributed by atoms with Crippen molar-refractivity contribution in [2.45, 2.75) is 0 Å². The van der Waals surface area contributed by atoms with E-state index in [1.807, 2.05) is 60.7 Å². The molecule has 1 nitrogen and oxygen atoms in total. The van der Waals surface area contributed by atoms with Crippen molar-refractivity contribution < 1.29 is 29.8 Å². The zero-order chi connectivity index (χ0) is 9.80. The Morgan fingerprint density at radius 1 is 0.647 bits per heavy atom. The monoisotopic (exact) mass is 276 g/mol. The molecule has 1 N–H and O–H groups in total. The molecule has 2 aromatic carbocycles. The van der Waals surface area contributed by atoms with Gasteiger partial charge in [0, 0.05) is 0 Å². The predicted molar refractivity (Wildman–Crippen MR) is 65.9 cm³/mol. The Kier molecular flexibility index (Phi) is 11.0. The molecule has 0 heterocycles. The second-order valence-corrected chi connectivity index (χ2v) is 3.22. The minimum absolute atomic E-state index is 0. The Morgan fingerprint density at radius 3 is 1.24 bits per heavy atom. The molecule has 0 bridgehead atoms. The minimum atomic E-state index is -0.516. The van der Waals surface area contributed by atoms with Crippen LogP contribution < -0.4 is 35.7 Å². The van der Waals surface area contributed by atoms with E-state index in [4.69, 9.17) is 0 Å². The summed E-state index contributed by atoms with van der Waals surface area (Å²) in [5.41, 5.74) is 1.86. The van der Waals surface area contributed by atoms with Crippen LogP contribution in [0.1, 0.15) is 0 Å². The van der Waals surface area contributed by atoms with Gasteiger partial charge in [-0.15, -0.1) is 0 Å². The van der Waals surface area contributed by atoms with Gasteiger partial charge in [-0.25, -0.2) is 0 Å². The van der Waals surface area contributed by atoms with E-state index in [9.17, 15) is 5.02 Å². The fourth-order valence-electron chi connectivity index (χ4n) is 1.46. The van der Waals surface area contributed by atoms with Crippen LogP contribution in [-0.2, 0) is 0 Å². The van der Waals surface area contributed by atoms with Gasteiger partial charge in [0.2, 0.25) is 0 Å². The largest absolute Gasteiger partial charge is 2.00 e. The summed E-state index contributed by atoms with van der Waals surface area (Å²) in [5.74, 6) is 0. The molecule has 84 valence electrons. The van der Waals surface area contributed by atoms with Crippen molar-refractivity contribution in [1.82, 2.24) is 0 Å². The van der Waals surface area contributed by atoms with Crippen LogP contribution in [0.15, 0.2) is 60.7 Å². The Bertz CT molecular complexity index is 360. The summed E-state index contributed by atoms with van der Waals surface area (Å²) in [6, 6.07) is 19.3. The molecule has 0 atom stereocenters. The van der Waals surface area contributed by atoms with Crippen molar-refractivity contribution in [3.05, 3.63) is 60.7 Å². The molecule has 0 fully saturated rings. The summed E-state index contributed by atoms with van der Waals surface area (Å²) in [4.78, 5) is 0. The molecular formula is C12H11BCl2MgO. The first kappa shape index (κ1) is 19.2. The first-order chi connectivity index (χ1) is 6.88. The van der Waals surface area contributed by atoms with E-state index in [1.165, 1.54) is 0 Å². The third-order valence-electron chi connectivity index (χ3n) is 2.23. The summed E-state index contributed by atoms with van der Waals surface area (Å²) < 4.78 is 0. The van der Waals surface area contributed by atoms with E-state index in [0.29, 0.717) is 0 Å². The number of rotatable bonds is 2. The first-order valence-electron chi connectivity index (χ1n) is 4.66. The van der Waals surface area contributed by atoms with Crippen LogP contribution in [0.25, 0.3) is 0 Å². The first-order valence-corrected chi connectivity index (χ1v) is 4.66. The minimum Gasteiger partial charge on any atom is -1.00 e. The van der Waals surface area contributed by atoms with Gasteiger partial charge in [0.05, 0.1) is 0 Å². The SMILES string of the molecule is OB(c1ccccc1)c1ccccc1.[Cl-].[Cl-].[Mg+2]. The molecule has 0 saturated carbocycles. The Hall–Kier alpha value is -0.189. The molecule has 0 aromatic heterocycles. The van der Waals surface area contributed by atoms with E-state index < -0.39 is 6.92 Å². The van der Waals surface area contributed by atoms with E-state index >= 15 is 0 Å². The molecule has 0 aliphatic carbocycles. The molecule has 2 aromatic rings. The van der Waals surface area contributed by atoms with Crippen molar-refractivity contribution in [2.75, 3.05) is 0 Å². The number of benzene rings is 2. The fraction of sp³-hybridized carbons (Fsp3) is 0.